The van der Waals surface area contributed by atoms with E-state index in [-0.39, 0.29) is 5.75 Å². The first kappa shape index (κ1) is 18.5. The molecule has 2 heterocycles. The van der Waals surface area contributed by atoms with Gasteiger partial charge in [-0.25, -0.2) is 4.98 Å². The zero-order valence-electron chi connectivity index (χ0n) is 15.0. The fourth-order valence-electron chi connectivity index (χ4n) is 3.38. The summed E-state index contributed by atoms with van der Waals surface area (Å²) in [7, 11) is 0. The first-order valence-electron chi connectivity index (χ1n) is 8.73. The van der Waals surface area contributed by atoms with Crippen LogP contribution in [-0.2, 0) is 0 Å². The van der Waals surface area contributed by atoms with Crippen LogP contribution in [0.1, 0.15) is 22.7 Å². The highest BCUT2D eigenvalue weighted by Crippen LogP contribution is 2.39. The molecule has 0 spiro atoms. The van der Waals surface area contributed by atoms with Gasteiger partial charge in [-0.05, 0) is 60.5 Å². The Bertz CT molecular complexity index is 1130. The number of phenols is 1. The van der Waals surface area contributed by atoms with Crippen LogP contribution in [0.15, 0.2) is 67.0 Å². The van der Waals surface area contributed by atoms with Crippen molar-refractivity contribution in [1.82, 2.24) is 9.97 Å². The van der Waals surface area contributed by atoms with Gasteiger partial charge in [0.25, 0.3) is 0 Å². The molecule has 4 rings (SSSR count). The molecule has 0 saturated heterocycles. The highest BCUT2D eigenvalue weighted by atomic mass is 35.5. The number of aromatic nitrogens is 2. The van der Waals surface area contributed by atoms with Crippen molar-refractivity contribution in [2.24, 2.45) is 0 Å². The molecule has 6 heteroatoms. The van der Waals surface area contributed by atoms with Gasteiger partial charge in [-0.1, -0.05) is 35.3 Å². The molecule has 0 fully saturated rings. The van der Waals surface area contributed by atoms with E-state index in [9.17, 15) is 5.11 Å². The molecule has 2 N–H and O–H groups in total. The van der Waals surface area contributed by atoms with Crippen molar-refractivity contribution in [3.63, 3.8) is 0 Å². The number of aromatic hydroxyl groups is 1. The summed E-state index contributed by atoms with van der Waals surface area (Å²) in [6.45, 7) is 1.96. The minimum absolute atomic E-state index is 0.125. The highest BCUT2D eigenvalue weighted by Gasteiger charge is 2.23. The highest BCUT2D eigenvalue weighted by molar-refractivity contribution is 6.34. The summed E-state index contributed by atoms with van der Waals surface area (Å²) in [6.07, 6.45) is 3.37. The summed E-state index contributed by atoms with van der Waals surface area (Å²) in [5.74, 6) is 0.795. The fraction of sp³-hybridized carbons (Fsp3) is 0.0909. The normalized spacial score (nSPS) is 12.1. The number of fused-ring (bicyclic) bond motifs is 1. The van der Waals surface area contributed by atoms with E-state index in [1.165, 1.54) is 0 Å². The number of aryl methyl sites for hydroxylation is 1. The van der Waals surface area contributed by atoms with E-state index in [4.69, 9.17) is 23.2 Å². The molecule has 4 aromatic rings. The minimum Gasteiger partial charge on any atom is -0.505 e. The van der Waals surface area contributed by atoms with Gasteiger partial charge >= 0.3 is 0 Å². The van der Waals surface area contributed by atoms with E-state index in [1.807, 2.05) is 55.5 Å². The van der Waals surface area contributed by atoms with E-state index in [0.717, 1.165) is 16.5 Å². The zero-order chi connectivity index (χ0) is 19.7. The first-order valence-corrected chi connectivity index (χ1v) is 9.49. The van der Waals surface area contributed by atoms with E-state index >= 15 is 0 Å². The van der Waals surface area contributed by atoms with Gasteiger partial charge in [0.1, 0.15) is 17.1 Å². The van der Waals surface area contributed by atoms with E-state index in [1.54, 1.807) is 18.5 Å². The van der Waals surface area contributed by atoms with Gasteiger partial charge in [0.15, 0.2) is 0 Å². The molecule has 140 valence electrons. The van der Waals surface area contributed by atoms with Gasteiger partial charge in [0.2, 0.25) is 0 Å². The van der Waals surface area contributed by atoms with Crippen molar-refractivity contribution < 1.29 is 5.11 Å². The molecule has 0 aliphatic heterocycles. The summed E-state index contributed by atoms with van der Waals surface area (Å²) in [4.78, 5) is 8.72. The Balaban J connectivity index is 1.94. The number of rotatable bonds is 4. The van der Waals surface area contributed by atoms with E-state index < -0.39 is 6.04 Å². The predicted octanol–water partition coefficient (Wildman–Crippen LogP) is 6.15. The van der Waals surface area contributed by atoms with E-state index in [2.05, 4.69) is 15.3 Å². The lowest BCUT2D eigenvalue weighted by atomic mass is 9.92. The van der Waals surface area contributed by atoms with Crippen LogP contribution in [-0.4, -0.2) is 15.1 Å². The molecular formula is C22H17Cl2N3O. The number of halogens is 2. The molecule has 2 aromatic carbocycles. The second-order valence-corrected chi connectivity index (χ2v) is 7.40. The SMILES string of the molecule is Cc1cc2cccnc2c(O)c1C(Nc1ccccn1)c1cc(Cl)cc(Cl)c1. The Labute approximate surface area is 172 Å². The molecule has 0 aliphatic carbocycles. The Morgan fingerprint density at radius 3 is 2.39 bits per heavy atom. The summed E-state index contributed by atoms with van der Waals surface area (Å²) >= 11 is 12.5. The number of nitrogens with one attached hydrogen (secondary N) is 1. The number of hydrogen-bond acceptors (Lipinski definition) is 4. The van der Waals surface area contributed by atoms with Crippen molar-refractivity contribution >= 4 is 39.9 Å². The van der Waals surface area contributed by atoms with Crippen molar-refractivity contribution in [2.75, 3.05) is 5.32 Å². The number of hydrogen-bond donors (Lipinski definition) is 2. The van der Waals surface area contributed by atoms with Crippen LogP contribution in [0.5, 0.6) is 5.75 Å². The van der Waals surface area contributed by atoms with Crippen LogP contribution in [0.3, 0.4) is 0 Å². The zero-order valence-corrected chi connectivity index (χ0v) is 16.5. The number of anilines is 1. The third kappa shape index (κ3) is 3.61. The van der Waals surface area contributed by atoms with Gasteiger partial charge in [-0.15, -0.1) is 0 Å². The van der Waals surface area contributed by atoms with Crippen LogP contribution < -0.4 is 5.32 Å². The van der Waals surface area contributed by atoms with Crippen LogP contribution in [0.25, 0.3) is 10.9 Å². The topological polar surface area (TPSA) is 58.0 Å². The third-order valence-corrected chi connectivity index (χ3v) is 5.02. The molecule has 2 aromatic heterocycles. The molecule has 4 nitrogen and oxygen atoms in total. The summed E-state index contributed by atoms with van der Waals surface area (Å²) < 4.78 is 0. The Kier molecular flexibility index (Phi) is 5.07. The monoisotopic (exact) mass is 409 g/mol. The Hall–Kier alpha value is -2.82. The Morgan fingerprint density at radius 1 is 0.929 bits per heavy atom. The third-order valence-electron chi connectivity index (χ3n) is 4.58. The second-order valence-electron chi connectivity index (χ2n) is 6.53. The Morgan fingerprint density at radius 2 is 1.68 bits per heavy atom. The van der Waals surface area contributed by atoms with E-state index in [0.29, 0.717) is 26.9 Å². The summed E-state index contributed by atoms with van der Waals surface area (Å²) in [6, 6.07) is 16.3. The number of pyridine rings is 2. The van der Waals surface area contributed by atoms with Crippen LogP contribution >= 0.6 is 23.2 Å². The standard InChI is InChI=1S/C22H17Cl2N3O/c1-13-9-14-5-4-8-26-21(14)22(28)19(13)20(27-18-6-2-3-7-25-18)15-10-16(23)12-17(24)11-15/h2-12,20,28H,1H3,(H,25,27). The van der Waals surface area contributed by atoms with Crippen molar-refractivity contribution in [3.05, 3.63) is 93.7 Å². The molecule has 1 unspecified atom stereocenters. The van der Waals surface area contributed by atoms with Gasteiger partial charge in [-0.3, -0.25) is 4.98 Å². The first-order chi connectivity index (χ1) is 13.5. The van der Waals surface area contributed by atoms with Gasteiger partial charge in [-0.2, -0.15) is 0 Å². The van der Waals surface area contributed by atoms with Gasteiger partial charge in [0.05, 0.1) is 6.04 Å². The van der Waals surface area contributed by atoms with Gasteiger partial charge in [0, 0.05) is 33.4 Å². The maximum Gasteiger partial charge on any atom is 0.147 e. The molecule has 0 amide bonds. The maximum absolute atomic E-state index is 11.1. The molecule has 0 aliphatic rings. The largest absolute Gasteiger partial charge is 0.505 e. The molecule has 0 bridgehead atoms. The lowest BCUT2D eigenvalue weighted by Gasteiger charge is -2.24. The van der Waals surface area contributed by atoms with Crippen LogP contribution in [0, 0.1) is 6.92 Å². The second kappa shape index (κ2) is 7.66. The average molecular weight is 410 g/mol. The number of nitrogens with zero attached hydrogens (tertiary/aromatic N) is 2. The van der Waals surface area contributed by atoms with Gasteiger partial charge < -0.3 is 10.4 Å². The number of phenolic OH excluding ortho intramolecular Hbond substituents is 1. The number of benzene rings is 2. The van der Waals surface area contributed by atoms with Crippen LogP contribution in [0.2, 0.25) is 10.0 Å². The maximum atomic E-state index is 11.1. The molecule has 28 heavy (non-hydrogen) atoms. The smallest absolute Gasteiger partial charge is 0.147 e. The summed E-state index contributed by atoms with van der Waals surface area (Å²) in [5.41, 5.74) is 2.98. The molecule has 0 saturated carbocycles. The lowest BCUT2D eigenvalue weighted by molar-refractivity contribution is 0.471. The lowest BCUT2D eigenvalue weighted by Crippen LogP contribution is -2.15. The fourth-order valence-corrected chi connectivity index (χ4v) is 3.92. The minimum atomic E-state index is -0.419. The summed E-state index contributed by atoms with van der Waals surface area (Å²) in [5, 5.41) is 16.4. The molecule has 0 radical (unpaired) electrons. The van der Waals surface area contributed by atoms with Crippen LogP contribution in [0.4, 0.5) is 5.82 Å². The average Bonchev–Trinajstić information content (AvgIpc) is 2.67. The quantitative estimate of drug-likeness (QED) is 0.424. The van der Waals surface area contributed by atoms with Crippen molar-refractivity contribution in [3.8, 4) is 5.75 Å². The van der Waals surface area contributed by atoms with Crippen molar-refractivity contribution in [1.29, 1.82) is 0 Å². The predicted molar refractivity (Wildman–Crippen MR) is 114 cm³/mol. The molecular weight excluding hydrogens is 393 g/mol. The van der Waals surface area contributed by atoms with Crippen molar-refractivity contribution in [2.45, 2.75) is 13.0 Å². The molecule has 1 atom stereocenters.